The van der Waals surface area contributed by atoms with E-state index in [2.05, 4.69) is 26.0 Å². The molecule has 1 saturated carbocycles. The number of carbonyl (C=O) groups excluding carboxylic acids is 1. The van der Waals surface area contributed by atoms with E-state index in [4.69, 9.17) is 4.74 Å². The third-order valence-corrected chi connectivity index (χ3v) is 4.59. The fourth-order valence-electron chi connectivity index (χ4n) is 3.26. The average Bonchev–Trinajstić information content (AvgIpc) is 3.01. The molecule has 0 aromatic rings. The molecule has 0 N–H and O–H groups in total. The summed E-state index contributed by atoms with van der Waals surface area (Å²) in [6.45, 7) is 5.03. The van der Waals surface area contributed by atoms with Gasteiger partial charge in [-0.3, -0.25) is 4.79 Å². The third kappa shape index (κ3) is 3.15. The Hall–Kier alpha value is -0.790. The molecule has 18 heavy (non-hydrogen) atoms. The zero-order chi connectivity index (χ0) is 13.0. The van der Waals surface area contributed by atoms with Crippen molar-refractivity contribution >= 4 is 5.97 Å². The number of carbonyl (C=O) groups is 1. The summed E-state index contributed by atoms with van der Waals surface area (Å²) in [6, 6.07) is 0. The van der Waals surface area contributed by atoms with Crippen LogP contribution in [0.15, 0.2) is 12.2 Å². The summed E-state index contributed by atoms with van der Waals surface area (Å²) in [6.07, 6.45) is 11.5. The average molecular weight is 250 g/mol. The minimum absolute atomic E-state index is 0.0572. The summed E-state index contributed by atoms with van der Waals surface area (Å²) in [7, 11) is 0. The van der Waals surface area contributed by atoms with Crippen molar-refractivity contribution in [1.29, 1.82) is 0 Å². The van der Waals surface area contributed by atoms with E-state index in [0.717, 1.165) is 12.8 Å². The second-order valence-corrected chi connectivity index (χ2v) is 5.93. The van der Waals surface area contributed by atoms with Gasteiger partial charge in [-0.1, -0.05) is 45.3 Å². The molecule has 2 aliphatic rings. The van der Waals surface area contributed by atoms with Crippen LogP contribution in [0.1, 0.15) is 52.4 Å². The first-order valence-corrected chi connectivity index (χ1v) is 7.59. The molecular weight excluding hydrogens is 224 g/mol. The largest absolute Gasteiger partial charge is 0.465 e. The molecule has 0 saturated heterocycles. The first-order chi connectivity index (χ1) is 8.74. The van der Waals surface area contributed by atoms with Crippen molar-refractivity contribution in [3.05, 3.63) is 12.2 Å². The van der Waals surface area contributed by atoms with Gasteiger partial charge in [0.15, 0.2) is 0 Å². The predicted octanol–water partition coefficient (Wildman–Crippen LogP) is 3.96. The van der Waals surface area contributed by atoms with Gasteiger partial charge in [0.25, 0.3) is 0 Å². The normalized spacial score (nSPS) is 30.7. The second kappa shape index (κ2) is 6.40. The fourth-order valence-corrected chi connectivity index (χ4v) is 3.26. The molecule has 2 nitrogen and oxygen atoms in total. The highest BCUT2D eigenvalue weighted by Crippen LogP contribution is 2.43. The molecule has 0 aromatic carbocycles. The zero-order valence-corrected chi connectivity index (χ0v) is 11.7. The predicted molar refractivity (Wildman–Crippen MR) is 73.1 cm³/mol. The van der Waals surface area contributed by atoms with Crippen molar-refractivity contribution in [3.63, 3.8) is 0 Å². The summed E-state index contributed by atoms with van der Waals surface area (Å²) in [4.78, 5) is 12.1. The molecule has 2 aliphatic carbocycles. The summed E-state index contributed by atoms with van der Waals surface area (Å²) in [5.74, 6) is 1.89. The molecule has 4 atom stereocenters. The number of fused-ring (bicyclic) bond motifs is 2. The quantitative estimate of drug-likeness (QED) is 0.505. The van der Waals surface area contributed by atoms with E-state index in [1.54, 1.807) is 0 Å². The van der Waals surface area contributed by atoms with Gasteiger partial charge in [-0.05, 0) is 37.0 Å². The van der Waals surface area contributed by atoms with Gasteiger partial charge in [-0.15, -0.1) is 0 Å². The first kappa shape index (κ1) is 13.6. The van der Waals surface area contributed by atoms with Crippen LogP contribution >= 0.6 is 0 Å². The Bertz CT molecular complexity index is 308. The smallest absolute Gasteiger partial charge is 0.309 e. The van der Waals surface area contributed by atoms with E-state index in [0.29, 0.717) is 24.4 Å². The van der Waals surface area contributed by atoms with Gasteiger partial charge in [0.2, 0.25) is 0 Å². The van der Waals surface area contributed by atoms with Crippen LogP contribution in [-0.4, -0.2) is 12.6 Å². The molecule has 102 valence electrons. The van der Waals surface area contributed by atoms with Crippen molar-refractivity contribution < 1.29 is 9.53 Å². The molecular formula is C16H26O2. The Morgan fingerprint density at radius 1 is 1.33 bits per heavy atom. The van der Waals surface area contributed by atoms with Crippen LogP contribution in [0.25, 0.3) is 0 Å². The molecule has 0 radical (unpaired) electrons. The highest BCUT2D eigenvalue weighted by atomic mass is 16.5. The van der Waals surface area contributed by atoms with E-state index in [9.17, 15) is 4.79 Å². The molecule has 4 unspecified atom stereocenters. The number of ether oxygens (including phenoxy) is 1. The maximum atomic E-state index is 12.1. The topological polar surface area (TPSA) is 26.3 Å². The van der Waals surface area contributed by atoms with Crippen LogP contribution in [0.4, 0.5) is 0 Å². The van der Waals surface area contributed by atoms with E-state index in [1.165, 1.54) is 25.7 Å². The minimum atomic E-state index is 0.0572. The van der Waals surface area contributed by atoms with Crippen molar-refractivity contribution in [3.8, 4) is 0 Å². The lowest BCUT2D eigenvalue weighted by molar-refractivity contribution is -0.151. The van der Waals surface area contributed by atoms with Gasteiger partial charge < -0.3 is 4.74 Å². The van der Waals surface area contributed by atoms with Gasteiger partial charge in [0.1, 0.15) is 0 Å². The van der Waals surface area contributed by atoms with Crippen LogP contribution in [0.2, 0.25) is 0 Å². The molecule has 0 amide bonds. The monoisotopic (exact) mass is 250 g/mol. The minimum Gasteiger partial charge on any atom is -0.465 e. The number of rotatable bonds is 7. The van der Waals surface area contributed by atoms with Crippen LogP contribution in [0, 0.1) is 23.7 Å². The number of hydrogen-bond donors (Lipinski definition) is 0. The van der Waals surface area contributed by atoms with Gasteiger partial charge in [-0.2, -0.15) is 0 Å². The lowest BCUT2D eigenvalue weighted by atomic mass is 9.94. The summed E-state index contributed by atoms with van der Waals surface area (Å²) in [5.41, 5.74) is 0. The summed E-state index contributed by atoms with van der Waals surface area (Å²) < 4.78 is 5.56. The molecule has 0 heterocycles. The third-order valence-electron chi connectivity index (χ3n) is 4.59. The maximum Gasteiger partial charge on any atom is 0.309 e. The van der Waals surface area contributed by atoms with Gasteiger partial charge in [-0.25, -0.2) is 0 Å². The molecule has 1 fully saturated rings. The van der Waals surface area contributed by atoms with Crippen LogP contribution in [0.3, 0.4) is 0 Å². The molecule has 2 bridgehead atoms. The number of hydrogen-bond acceptors (Lipinski definition) is 2. The van der Waals surface area contributed by atoms with Crippen molar-refractivity contribution in [1.82, 2.24) is 0 Å². The number of esters is 1. The summed E-state index contributed by atoms with van der Waals surface area (Å²) in [5, 5.41) is 0. The van der Waals surface area contributed by atoms with E-state index >= 15 is 0 Å². The van der Waals surface area contributed by atoms with Gasteiger partial charge in [0.05, 0.1) is 12.5 Å². The van der Waals surface area contributed by atoms with Crippen LogP contribution in [-0.2, 0) is 9.53 Å². The van der Waals surface area contributed by atoms with E-state index < -0.39 is 0 Å². The molecule has 0 spiro atoms. The lowest BCUT2D eigenvalue weighted by Gasteiger charge is -2.19. The molecule has 0 aliphatic heterocycles. The second-order valence-electron chi connectivity index (χ2n) is 5.93. The van der Waals surface area contributed by atoms with Gasteiger partial charge in [0, 0.05) is 0 Å². The van der Waals surface area contributed by atoms with Gasteiger partial charge >= 0.3 is 5.97 Å². The Balaban J connectivity index is 1.72. The zero-order valence-electron chi connectivity index (χ0n) is 11.7. The van der Waals surface area contributed by atoms with Crippen molar-refractivity contribution in [2.75, 3.05) is 6.61 Å². The van der Waals surface area contributed by atoms with Crippen LogP contribution < -0.4 is 0 Å². The summed E-state index contributed by atoms with van der Waals surface area (Å²) >= 11 is 0. The van der Waals surface area contributed by atoms with E-state index in [1.807, 2.05) is 0 Å². The fraction of sp³-hybridized carbons (Fsp3) is 0.812. The van der Waals surface area contributed by atoms with Crippen molar-refractivity contribution in [2.45, 2.75) is 52.4 Å². The molecule has 2 rings (SSSR count). The first-order valence-electron chi connectivity index (χ1n) is 7.59. The Morgan fingerprint density at radius 2 is 2.17 bits per heavy atom. The standard InChI is InChI=1S/C16H26O2/c1-3-5-6-12(4-2)11-18-16(17)15-10-13-7-8-14(15)9-13/h7-8,12-15H,3-6,9-11H2,1-2H3. The maximum absolute atomic E-state index is 12.1. The number of allylic oxidation sites excluding steroid dienone is 2. The SMILES string of the molecule is CCCCC(CC)COC(=O)C1CC2C=CC1C2. The highest BCUT2D eigenvalue weighted by molar-refractivity contribution is 5.74. The number of unbranched alkanes of at least 4 members (excludes halogenated alkanes) is 1. The molecule has 2 heteroatoms. The Morgan fingerprint density at radius 3 is 2.72 bits per heavy atom. The van der Waals surface area contributed by atoms with E-state index in [-0.39, 0.29) is 11.9 Å². The Labute approximate surface area is 111 Å². The molecule has 0 aromatic heterocycles. The van der Waals surface area contributed by atoms with Crippen molar-refractivity contribution in [2.24, 2.45) is 23.7 Å². The Kier molecular flexibility index (Phi) is 4.85. The highest BCUT2D eigenvalue weighted by Gasteiger charge is 2.40. The lowest BCUT2D eigenvalue weighted by Crippen LogP contribution is -2.24. The van der Waals surface area contributed by atoms with Crippen LogP contribution in [0.5, 0.6) is 0 Å².